The van der Waals surface area contributed by atoms with E-state index < -0.39 is 5.54 Å². The molecule has 2 aliphatic rings. The Labute approximate surface area is 163 Å². The van der Waals surface area contributed by atoms with Crippen molar-refractivity contribution in [3.8, 4) is 0 Å². The van der Waals surface area contributed by atoms with Gasteiger partial charge in [0.1, 0.15) is 5.54 Å². The number of thioether (sulfide) groups is 1. The molecule has 2 aromatic rings. The molecule has 4 rings (SSSR count). The SMILES string of the molecule is O=C[B]N1CC2CSC(NC(=O)c3ccccc3)=NC2(c2ccccc2)C1. The highest BCUT2D eigenvalue weighted by Crippen LogP contribution is 2.45. The molecule has 2 aromatic carbocycles. The largest absolute Gasteiger partial charge is 0.337 e. The van der Waals surface area contributed by atoms with Gasteiger partial charge in [0.25, 0.3) is 13.3 Å². The first kappa shape index (κ1) is 18.0. The molecule has 5 nitrogen and oxygen atoms in total. The first-order valence-corrected chi connectivity index (χ1v) is 9.87. The van der Waals surface area contributed by atoms with E-state index in [9.17, 15) is 9.59 Å². The number of rotatable bonds is 4. The van der Waals surface area contributed by atoms with E-state index in [2.05, 4.69) is 17.4 Å². The lowest BCUT2D eigenvalue weighted by Gasteiger charge is -2.35. The van der Waals surface area contributed by atoms with Crippen LogP contribution in [0.4, 0.5) is 0 Å². The van der Waals surface area contributed by atoms with Gasteiger partial charge in [0.15, 0.2) is 5.17 Å². The van der Waals surface area contributed by atoms with Crippen LogP contribution >= 0.6 is 11.8 Å². The summed E-state index contributed by atoms with van der Waals surface area (Å²) in [4.78, 5) is 30.6. The van der Waals surface area contributed by atoms with Crippen LogP contribution in [0.3, 0.4) is 0 Å². The first-order chi connectivity index (χ1) is 13.2. The molecule has 0 spiro atoms. The molecule has 0 aromatic heterocycles. The van der Waals surface area contributed by atoms with Crippen molar-refractivity contribution >= 4 is 36.4 Å². The van der Waals surface area contributed by atoms with Gasteiger partial charge in [0.2, 0.25) is 0 Å². The van der Waals surface area contributed by atoms with Crippen molar-refractivity contribution in [3.63, 3.8) is 0 Å². The summed E-state index contributed by atoms with van der Waals surface area (Å²) in [5, 5.41) is 3.60. The molecule has 2 unspecified atom stereocenters. The summed E-state index contributed by atoms with van der Waals surface area (Å²) >= 11 is 1.57. The highest BCUT2D eigenvalue weighted by Gasteiger charge is 2.50. The van der Waals surface area contributed by atoms with Crippen LogP contribution in [0.15, 0.2) is 65.7 Å². The normalized spacial score (nSPS) is 24.6. The number of fused-ring (bicyclic) bond motifs is 1. The molecule has 2 heterocycles. The standard InChI is InChI=1S/C20H19BN3O2S/c25-14-21-24-11-17-12-27-19(22-18(26)15-7-3-1-4-8-15)23-20(17,13-24)16-9-5-2-6-10-16/h1-10,14,17H,11-13H2,(H,22,23,26). The number of amides is 1. The molecule has 1 N–H and O–H groups in total. The van der Waals surface area contributed by atoms with Gasteiger partial charge in [-0.1, -0.05) is 60.3 Å². The van der Waals surface area contributed by atoms with Crippen molar-refractivity contribution in [1.82, 2.24) is 10.1 Å². The monoisotopic (exact) mass is 376 g/mol. The predicted octanol–water partition coefficient (Wildman–Crippen LogP) is 2.16. The van der Waals surface area contributed by atoms with Crippen molar-refractivity contribution < 1.29 is 9.59 Å². The quantitative estimate of drug-likeness (QED) is 0.656. The molecule has 0 saturated carbocycles. The van der Waals surface area contributed by atoms with Crippen molar-refractivity contribution in [2.75, 3.05) is 18.8 Å². The second kappa shape index (κ2) is 7.70. The zero-order valence-electron chi connectivity index (χ0n) is 14.7. The fraction of sp³-hybridized carbons (Fsp3) is 0.250. The maximum absolute atomic E-state index is 12.5. The number of amidine groups is 1. The molecule has 2 atom stereocenters. The van der Waals surface area contributed by atoms with E-state index in [4.69, 9.17) is 4.99 Å². The lowest BCUT2D eigenvalue weighted by Crippen LogP contribution is -2.42. The Kier molecular flexibility index (Phi) is 5.14. The lowest BCUT2D eigenvalue weighted by atomic mass is 9.82. The highest BCUT2D eigenvalue weighted by molar-refractivity contribution is 8.13. The number of hydrogen-bond donors (Lipinski definition) is 1. The smallest absolute Gasteiger partial charge is 0.293 e. The Morgan fingerprint density at radius 3 is 2.59 bits per heavy atom. The van der Waals surface area contributed by atoms with Gasteiger partial charge in [-0.15, -0.1) is 0 Å². The third-order valence-corrected chi connectivity index (χ3v) is 6.13. The minimum atomic E-state index is -0.453. The summed E-state index contributed by atoms with van der Waals surface area (Å²) in [5.74, 6) is 0.961. The first-order valence-electron chi connectivity index (χ1n) is 8.88. The molecule has 135 valence electrons. The Bertz CT molecular complexity index is 862. The van der Waals surface area contributed by atoms with E-state index in [-0.39, 0.29) is 11.8 Å². The summed E-state index contributed by atoms with van der Waals surface area (Å²) in [7, 11) is 1.59. The maximum atomic E-state index is 12.5. The van der Waals surface area contributed by atoms with E-state index in [1.165, 1.54) is 0 Å². The second-order valence-electron chi connectivity index (χ2n) is 6.75. The third-order valence-electron chi connectivity index (χ3n) is 5.10. The summed E-state index contributed by atoms with van der Waals surface area (Å²) in [6.45, 7) is 1.41. The van der Waals surface area contributed by atoms with Gasteiger partial charge in [0.05, 0.1) is 6.19 Å². The molecule has 1 radical (unpaired) electrons. The molecular formula is C20H19BN3O2S. The van der Waals surface area contributed by atoms with Crippen LogP contribution in [0.25, 0.3) is 0 Å². The number of nitrogens with one attached hydrogen (secondary N) is 1. The molecule has 1 fully saturated rings. The van der Waals surface area contributed by atoms with Crippen molar-refractivity contribution in [3.05, 3.63) is 71.8 Å². The molecule has 7 heteroatoms. The van der Waals surface area contributed by atoms with Crippen molar-refractivity contribution in [2.24, 2.45) is 10.9 Å². The maximum Gasteiger partial charge on any atom is 0.293 e. The number of aliphatic imine (C=N–C) groups is 1. The Morgan fingerprint density at radius 2 is 1.89 bits per heavy atom. The second-order valence-corrected chi connectivity index (χ2v) is 7.76. The average molecular weight is 376 g/mol. The summed E-state index contributed by atoms with van der Waals surface area (Å²) in [5.41, 5.74) is 1.27. The number of nitrogens with zero attached hydrogens (tertiary/aromatic N) is 2. The van der Waals surface area contributed by atoms with Crippen LogP contribution in [0.2, 0.25) is 0 Å². The zero-order chi connectivity index (χ0) is 18.7. The average Bonchev–Trinajstić information content (AvgIpc) is 3.08. The van der Waals surface area contributed by atoms with E-state index in [1.54, 1.807) is 31.3 Å². The van der Waals surface area contributed by atoms with Crippen LogP contribution in [0, 0.1) is 5.92 Å². The van der Waals surface area contributed by atoms with Crippen LogP contribution in [0.1, 0.15) is 15.9 Å². The topological polar surface area (TPSA) is 61.8 Å². The van der Waals surface area contributed by atoms with Gasteiger partial charge >= 0.3 is 0 Å². The molecule has 0 aliphatic carbocycles. The Balaban J connectivity index is 1.65. The minimum Gasteiger partial charge on any atom is -0.337 e. The van der Waals surface area contributed by atoms with Gasteiger partial charge in [0, 0.05) is 23.8 Å². The van der Waals surface area contributed by atoms with Crippen LogP contribution in [0.5, 0.6) is 0 Å². The molecule has 0 bridgehead atoms. The minimum absolute atomic E-state index is 0.155. The van der Waals surface area contributed by atoms with Crippen LogP contribution in [-0.4, -0.2) is 48.3 Å². The number of carbonyl (C=O) groups excluding carboxylic acids is 2. The third kappa shape index (κ3) is 3.57. The Hall–Kier alpha value is -2.38. The zero-order valence-corrected chi connectivity index (χ0v) is 15.6. The van der Waals surface area contributed by atoms with Gasteiger partial charge in [-0.2, -0.15) is 0 Å². The predicted molar refractivity (Wildman–Crippen MR) is 109 cm³/mol. The summed E-state index contributed by atoms with van der Waals surface area (Å²) in [6, 6.07) is 19.3. The number of carbonyl (C=O) groups is 2. The van der Waals surface area contributed by atoms with Gasteiger partial charge < -0.3 is 14.9 Å². The van der Waals surface area contributed by atoms with Gasteiger partial charge in [-0.3, -0.25) is 4.79 Å². The Morgan fingerprint density at radius 1 is 1.19 bits per heavy atom. The van der Waals surface area contributed by atoms with E-state index in [1.807, 2.05) is 41.2 Å². The summed E-state index contributed by atoms with van der Waals surface area (Å²) in [6.07, 6.45) is 0.824. The lowest BCUT2D eigenvalue weighted by molar-refractivity contribution is 0.0977. The molecule has 1 saturated heterocycles. The van der Waals surface area contributed by atoms with E-state index in [0.29, 0.717) is 17.3 Å². The van der Waals surface area contributed by atoms with Gasteiger partial charge in [-0.05, 0) is 24.2 Å². The fourth-order valence-corrected chi connectivity index (χ4v) is 4.92. The van der Waals surface area contributed by atoms with Gasteiger partial charge in [-0.25, -0.2) is 4.99 Å². The van der Waals surface area contributed by atoms with E-state index >= 15 is 0 Å². The molecule has 1 amide bonds. The number of benzene rings is 2. The summed E-state index contributed by atoms with van der Waals surface area (Å²) < 4.78 is 0. The molecular weight excluding hydrogens is 357 g/mol. The van der Waals surface area contributed by atoms with Crippen LogP contribution in [-0.2, 0) is 10.3 Å². The van der Waals surface area contributed by atoms with Crippen molar-refractivity contribution in [2.45, 2.75) is 5.54 Å². The molecule has 2 aliphatic heterocycles. The highest BCUT2D eigenvalue weighted by atomic mass is 32.2. The fourth-order valence-electron chi connectivity index (χ4n) is 3.79. The van der Waals surface area contributed by atoms with Crippen LogP contribution < -0.4 is 5.32 Å². The van der Waals surface area contributed by atoms with E-state index in [0.717, 1.165) is 24.0 Å². The van der Waals surface area contributed by atoms with Crippen molar-refractivity contribution in [1.29, 1.82) is 0 Å². The number of hydrogen-bond acceptors (Lipinski definition) is 5. The molecule has 27 heavy (non-hydrogen) atoms.